The van der Waals surface area contributed by atoms with Gasteiger partial charge in [-0.3, -0.25) is 4.79 Å². The first kappa shape index (κ1) is 27.0. The molecule has 0 spiro atoms. The van der Waals surface area contributed by atoms with E-state index in [2.05, 4.69) is 41.7 Å². The SMILES string of the molecule is Cc1cccc(N2CCN(C(=O)COc3ccc(S(=O)(=O)N[C@@H](C)c4ccccc4)cc3Cl)CC2)c1C. The minimum atomic E-state index is -3.80. The number of hydrogen-bond acceptors (Lipinski definition) is 5. The van der Waals surface area contributed by atoms with Crippen LogP contribution in [0.1, 0.15) is 29.7 Å². The van der Waals surface area contributed by atoms with Gasteiger partial charge in [0, 0.05) is 37.9 Å². The second-order valence-corrected chi connectivity index (χ2v) is 11.3. The van der Waals surface area contributed by atoms with Crippen LogP contribution in [0, 0.1) is 13.8 Å². The maximum atomic E-state index is 12.8. The number of sulfonamides is 1. The molecular weight excluding hydrogens is 510 g/mol. The Bertz CT molecular complexity index is 1360. The standard InChI is InChI=1S/C28H32ClN3O4S/c1-20-8-7-11-26(21(20)2)31-14-16-32(17-15-31)28(33)19-36-27-13-12-24(18-25(27)29)37(34,35)30-22(3)23-9-5-4-6-10-23/h4-13,18,22,30H,14-17,19H2,1-3H3/t22-/m0/s1. The monoisotopic (exact) mass is 541 g/mol. The zero-order valence-corrected chi connectivity index (χ0v) is 22.8. The quantitative estimate of drug-likeness (QED) is 0.446. The third-order valence-electron chi connectivity index (χ3n) is 6.75. The highest BCUT2D eigenvalue weighted by atomic mass is 35.5. The molecule has 0 saturated carbocycles. The molecule has 0 aliphatic carbocycles. The summed E-state index contributed by atoms with van der Waals surface area (Å²) in [4.78, 5) is 16.9. The Morgan fingerprint density at radius 2 is 1.70 bits per heavy atom. The fourth-order valence-corrected chi connectivity index (χ4v) is 5.94. The molecule has 0 radical (unpaired) electrons. The van der Waals surface area contributed by atoms with E-state index in [1.165, 1.54) is 35.0 Å². The maximum absolute atomic E-state index is 12.8. The van der Waals surface area contributed by atoms with Crippen LogP contribution in [0.4, 0.5) is 5.69 Å². The number of carbonyl (C=O) groups excluding carboxylic acids is 1. The lowest BCUT2D eigenvalue weighted by Gasteiger charge is -2.37. The van der Waals surface area contributed by atoms with Gasteiger partial charge >= 0.3 is 0 Å². The summed E-state index contributed by atoms with van der Waals surface area (Å²) in [6.45, 7) is 8.53. The molecule has 1 aliphatic rings. The molecule has 0 aromatic heterocycles. The zero-order valence-electron chi connectivity index (χ0n) is 21.3. The average molecular weight is 542 g/mol. The Morgan fingerprint density at radius 3 is 2.38 bits per heavy atom. The predicted molar refractivity (Wildman–Crippen MR) is 147 cm³/mol. The molecule has 1 saturated heterocycles. The maximum Gasteiger partial charge on any atom is 0.260 e. The van der Waals surface area contributed by atoms with Crippen LogP contribution in [0.15, 0.2) is 71.6 Å². The van der Waals surface area contributed by atoms with Crippen LogP contribution >= 0.6 is 11.6 Å². The number of halogens is 1. The predicted octanol–water partition coefficient (Wildman–Crippen LogP) is 4.72. The third kappa shape index (κ3) is 6.44. The van der Waals surface area contributed by atoms with E-state index in [-0.39, 0.29) is 28.2 Å². The Morgan fingerprint density at radius 1 is 1.00 bits per heavy atom. The fraction of sp³-hybridized carbons (Fsp3) is 0.321. The minimum absolute atomic E-state index is 0.0292. The summed E-state index contributed by atoms with van der Waals surface area (Å²) in [5.41, 5.74) is 4.57. The molecule has 1 aliphatic heterocycles. The molecule has 1 fully saturated rings. The van der Waals surface area contributed by atoms with Crippen LogP contribution in [0.3, 0.4) is 0 Å². The van der Waals surface area contributed by atoms with Crippen LogP contribution in [0.2, 0.25) is 5.02 Å². The number of nitrogens with one attached hydrogen (secondary N) is 1. The van der Waals surface area contributed by atoms with Crippen LogP contribution in [0.25, 0.3) is 0 Å². The molecular formula is C28H32ClN3O4S. The summed E-state index contributed by atoms with van der Waals surface area (Å²) in [7, 11) is -3.80. The van der Waals surface area contributed by atoms with E-state index in [4.69, 9.17) is 16.3 Å². The van der Waals surface area contributed by atoms with Gasteiger partial charge < -0.3 is 14.5 Å². The van der Waals surface area contributed by atoms with Crippen molar-refractivity contribution in [2.75, 3.05) is 37.7 Å². The summed E-state index contributed by atoms with van der Waals surface area (Å²) in [5.74, 6) is 0.130. The highest BCUT2D eigenvalue weighted by molar-refractivity contribution is 7.89. The molecule has 4 rings (SSSR count). The number of nitrogens with zero attached hydrogens (tertiary/aromatic N) is 2. The molecule has 37 heavy (non-hydrogen) atoms. The molecule has 3 aromatic carbocycles. The van der Waals surface area contributed by atoms with Crippen molar-refractivity contribution >= 4 is 33.2 Å². The number of rotatable bonds is 8. The van der Waals surface area contributed by atoms with Gasteiger partial charge in [0.2, 0.25) is 10.0 Å². The van der Waals surface area contributed by atoms with Crippen molar-refractivity contribution in [2.45, 2.75) is 31.7 Å². The molecule has 1 atom stereocenters. The number of aryl methyl sites for hydroxylation is 1. The first-order chi connectivity index (χ1) is 17.7. The Balaban J connectivity index is 1.32. The van der Waals surface area contributed by atoms with E-state index in [0.717, 1.165) is 18.7 Å². The smallest absolute Gasteiger partial charge is 0.260 e. The van der Waals surface area contributed by atoms with Crippen LogP contribution in [-0.4, -0.2) is 52.0 Å². The zero-order chi connectivity index (χ0) is 26.6. The lowest BCUT2D eigenvalue weighted by Crippen LogP contribution is -2.50. The number of amides is 1. The number of anilines is 1. The summed E-state index contributed by atoms with van der Waals surface area (Å²) >= 11 is 6.32. The number of carbonyl (C=O) groups is 1. The van der Waals surface area contributed by atoms with Crippen molar-refractivity contribution in [3.63, 3.8) is 0 Å². The Labute approximate surface area is 224 Å². The van der Waals surface area contributed by atoms with E-state index in [9.17, 15) is 13.2 Å². The first-order valence-corrected chi connectivity index (χ1v) is 14.1. The number of ether oxygens (including phenoxy) is 1. The lowest BCUT2D eigenvalue weighted by atomic mass is 10.1. The molecule has 1 amide bonds. The minimum Gasteiger partial charge on any atom is -0.482 e. The van der Waals surface area contributed by atoms with E-state index < -0.39 is 16.1 Å². The highest BCUT2D eigenvalue weighted by Gasteiger charge is 2.24. The summed E-state index contributed by atoms with van der Waals surface area (Å²) in [6.07, 6.45) is 0. The van der Waals surface area contributed by atoms with Gasteiger partial charge in [-0.2, -0.15) is 0 Å². The second kappa shape index (κ2) is 11.5. The van der Waals surface area contributed by atoms with Gasteiger partial charge in [-0.1, -0.05) is 54.1 Å². The molecule has 0 unspecified atom stereocenters. The van der Waals surface area contributed by atoms with Gasteiger partial charge in [0.05, 0.1) is 9.92 Å². The lowest BCUT2D eigenvalue weighted by molar-refractivity contribution is -0.133. The van der Waals surface area contributed by atoms with Gasteiger partial charge in [-0.15, -0.1) is 0 Å². The summed E-state index contributed by atoms with van der Waals surface area (Å²) in [6, 6.07) is 19.4. The van der Waals surface area contributed by atoms with Crippen LogP contribution < -0.4 is 14.4 Å². The molecule has 1 N–H and O–H groups in total. The molecule has 1 heterocycles. The first-order valence-electron chi connectivity index (χ1n) is 12.2. The molecule has 0 bridgehead atoms. The number of piperazine rings is 1. The molecule has 7 nitrogen and oxygen atoms in total. The highest BCUT2D eigenvalue weighted by Crippen LogP contribution is 2.28. The van der Waals surface area contributed by atoms with Crippen molar-refractivity contribution in [1.82, 2.24) is 9.62 Å². The molecule has 196 valence electrons. The van der Waals surface area contributed by atoms with Crippen LogP contribution in [0.5, 0.6) is 5.75 Å². The fourth-order valence-electron chi connectivity index (χ4n) is 4.38. The van der Waals surface area contributed by atoms with Gasteiger partial charge in [0.1, 0.15) is 5.75 Å². The van der Waals surface area contributed by atoms with Gasteiger partial charge in [-0.25, -0.2) is 13.1 Å². The largest absolute Gasteiger partial charge is 0.482 e. The van der Waals surface area contributed by atoms with Crippen molar-refractivity contribution in [1.29, 1.82) is 0 Å². The average Bonchev–Trinajstić information content (AvgIpc) is 2.89. The summed E-state index contributed by atoms with van der Waals surface area (Å²) < 4.78 is 34.0. The van der Waals surface area contributed by atoms with Crippen molar-refractivity contribution in [3.8, 4) is 5.75 Å². The normalized spacial score (nSPS) is 14.9. The van der Waals surface area contributed by atoms with Gasteiger partial charge in [0.25, 0.3) is 5.91 Å². The van der Waals surface area contributed by atoms with Crippen LogP contribution in [-0.2, 0) is 14.8 Å². The van der Waals surface area contributed by atoms with Gasteiger partial charge in [0.15, 0.2) is 6.61 Å². The van der Waals surface area contributed by atoms with E-state index in [1.54, 1.807) is 11.8 Å². The molecule has 3 aromatic rings. The van der Waals surface area contributed by atoms with Crippen molar-refractivity contribution < 1.29 is 17.9 Å². The third-order valence-corrected chi connectivity index (χ3v) is 8.58. The Kier molecular flexibility index (Phi) is 8.42. The second-order valence-electron chi connectivity index (χ2n) is 9.22. The van der Waals surface area contributed by atoms with Crippen molar-refractivity contribution in [2.24, 2.45) is 0 Å². The van der Waals surface area contributed by atoms with E-state index in [0.29, 0.717) is 13.1 Å². The van der Waals surface area contributed by atoms with E-state index in [1.807, 2.05) is 30.3 Å². The van der Waals surface area contributed by atoms with Crippen molar-refractivity contribution in [3.05, 3.63) is 88.4 Å². The van der Waals surface area contributed by atoms with E-state index >= 15 is 0 Å². The number of benzene rings is 3. The molecule has 9 heteroatoms. The topological polar surface area (TPSA) is 79.0 Å². The van der Waals surface area contributed by atoms with Gasteiger partial charge in [-0.05, 0) is 61.7 Å². The Hall–Kier alpha value is -3.07. The number of hydrogen-bond donors (Lipinski definition) is 1. The summed E-state index contributed by atoms with van der Waals surface area (Å²) in [5, 5.41) is 0.128.